The summed E-state index contributed by atoms with van der Waals surface area (Å²) in [5, 5.41) is 284. The molecule has 8 rings (SSSR count). The van der Waals surface area contributed by atoms with Crippen LogP contribution < -0.4 is 21.3 Å². The van der Waals surface area contributed by atoms with Gasteiger partial charge in [0.25, 0.3) is 5.79 Å². The van der Waals surface area contributed by atoms with Crippen molar-refractivity contribution in [1.29, 1.82) is 0 Å². The van der Waals surface area contributed by atoms with E-state index >= 15 is 0 Å². The molecule has 28 N–H and O–H groups in total. The van der Waals surface area contributed by atoms with Crippen molar-refractivity contribution in [2.45, 2.75) is 529 Å². The molecule has 16 unspecified atom stereocenters. The van der Waals surface area contributed by atoms with Gasteiger partial charge in [-0.05, 0) is 51.9 Å². The first kappa shape index (κ1) is 130. The van der Waals surface area contributed by atoms with Crippen LogP contribution in [0.3, 0.4) is 0 Å². The molecule has 8 fully saturated rings. The highest BCUT2D eigenvalue weighted by Crippen LogP contribution is 2.43. The fraction of sp³-hybridized carbons (Fsp3) is 0.911. The molecule has 150 heavy (non-hydrogen) atoms. The van der Waals surface area contributed by atoms with Crippen LogP contribution in [0.15, 0.2) is 24.3 Å². The first-order valence-corrected chi connectivity index (χ1v) is 54.1. The van der Waals surface area contributed by atoms with Gasteiger partial charge >= 0.3 is 5.97 Å². The van der Waals surface area contributed by atoms with E-state index in [1.165, 1.54) is 135 Å². The summed E-state index contributed by atoms with van der Waals surface area (Å²) in [5.74, 6) is -8.76. The molecule has 0 spiro atoms. The average Bonchev–Trinajstić information content (AvgIpc) is 0.747. The molecule has 0 aromatic carbocycles. The fourth-order valence-corrected chi connectivity index (χ4v) is 20.2. The second-order valence-corrected chi connectivity index (χ2v) is 40.9. The minimum absolute atomic E-state index is 0.131. The molecule has 8 aliphatic rings. The first-order chi connectivity index (χ1) is 71.8. The number of unbranched alkanes of at least 4 members (excludes halogenated alkanes) is 30. The predicted octanol–water partition coefficient (Wildman–Crippen LogP) is -3.50. The van der Waals surface area contributed by atoms with Crippen molar-refractivity contribution in [2.24, 2.45) is 0 Å². The van der Waals surface area contributed by atoms with Crippen LogP contribution in [0.4, 0.5) is 0 Å². The summed E-state index contributed by atoms with van der Waals surface area (Å²) in [6, 6.07) is -7.02. The summed E-state index contributed by atoms with van der Waals surface area (Å²) >= 11 is 0. The first-order valence-electron chi connectivity index (χ1n) is 54.1. The lowest BCUT2D eigenvalue weighted by Crippen LogP contribution is -2.72. The Morgan fingerprint density at radius 3 is 1.21 bits per heavy atom. The number of hydrogen-bond acceptors (Lipinski definition) is 44. The fourth-order valence-electron chi connectivity index (χ4n) is 20.2. The molecule has 49 nitrogen and oxygen atoms in total. The van der Waals surface area contributed by atoms with Crippen LogP contribution in [-0.4, -0.2) is 468 Å². The van der Waals surface area contributed by atoms with Crippen LogP contribution in [0.5, 0.6) is 0 Å². The van der Waals surface area contributed by atoms with Crippen molar-refractivity contribution in [2.75, 3.05) is 52.9 Å². The largest absolute Gasteiger partial charge is 0.477 e. The Bertz CT molecular complexity index is 3830. The van der Waals surface area contributed by atoms with Gasteiger partial charge in [-0.25, -0.2) is 4.79 Å². The Hall–Kier alpha value is -4.73. The molecule has 0 aromatic rings. The van der Waals surface area contributed by atoms with E-state index in [0.717, 1.165) is 91.4 Å². The highest BCUT2D eigenvalue weighted by Gasteiger charge is 2.64. The molecular formula is C101H178N4O45. The molecule has 8 saturated heterocycles. The van der Waals surface area contributed by atoms with Gasteiger partial charge in [0.05, 0.1) is 83.3 Å². The number of carboxylic acids is 1. The molecule has 43 atom stereocenters. The summed E-state index contributed by atoms with van der Waals surface area (Å²) < 4.78 is 97.1. The number of rotatable bonds is 68. The molecular weight excluding hydrogens is 1990 g/mol. The smallest absolute Gasteiger partial charge is 0.364 e. The molecule has 8 heterocycles. The molecule has 0 aromatic heterocycles. The monoisotopic (exact) mass is 2170 g/mol. The van der Waals surface area contributed by atoms with E-state index < -0.39 is 346 Å². The molecule has 49 heteroatoms. The lowest BCUT2D eigenvalue weighted by atomic mass is 9.88. The number of hydrogen-bond donors (Lipinski definition) is 28. The zero-order valence-corrected chi connectivity index (χ0v) is 87.3. The molecule has 872 valence electrons. The van der Waals surface area contributed by atoms with Crippen LogP contribution in [0.25, 0.3) is 0 Å². The maximum absolute atomic E-state index is 13.7. The Balaban J connectivity index is 0.962. The van der Waals surface area contributed by atoms with Crippen molar-refractivity contribution in [3.05, 3.63) is 24.3 Å². The third-order valence-electron chi connectivity index (χ3n) is 28.9. The van der Waals surface area contributed by atoms with Crippen molar-refractivity contribution in [3.8, 4) is 0 Å². The number of nitrogens with one attached hydrogen (secondary N) is 4. The Labute approximate surface area is 876 Å². The highest BCUT2D eigenvalue weighted by atomic mass is 16.8. The van der Waals surface area contributed by atoms with Gasteiger partial charge in [-0.15, -0.1) is 0 Å². The SMILES string of the molecule is CCCCCCCC/C=C\CCCCCCCCCCCCCCCC(=O)N[C@@H](CO[C@@H]1OC(CO)[C@@H](O[C@@H]2OC(CO)[C@H](O)[C@H](O[C@@H]3OC(CO)[C@@H](O[C@@H]4OC(CO)[C@H](O)[C@H](O[C@H]5OC(CO)[C@H](O)[C@H](O[C@@H]6OC(CO)[C@H](O)[C@H](O[C@]7(C(=O)O)CC(O)[C@@H](NC(C)=O)C([C@H](O)[C@H](O)CO)O7)C6O)C5NC(C)=O)C4O[C@H]4OC(C)[C@@H](O)C(O)[C@@H]4O)[C@H](O)C3NC(C)=O)C2O)[C@H](O)C1O)[C@H](O)/C=C/CCCCCCCCCCCCC. The van der Waals surface area contributed by atoms with Gasteiger partial charge in [0.1, 0.15) is 183 Å². The highest BCUT2D eigenvalue weighted by molar-refractivity contribution is 5.77. The van der Waals surface area contributed by atoms with Gasteiger partial charge in [-0.1, -0.05) is 205 Å². The topological polar surface area (TPSA) is 767 Å². The van der Waals surface area contributed by atoms with Gasteiger partial charge in [0, 0.05) is 33.6 Å². The standard InChI is InChI=1S/C101H178N4O45/c1-7-9-11-13-15-17-19-21-22-23-24-25-26-27-28-29-30-32-34-36-38-40-42-44-68(119)105-58(59(116)43-41-39-37-35-33-31-20-18-16-14-12-10-8-2)53-135-95-82(130)80(128)86(67(52-112)142-95)143-97-83(131)89(75(123)63(48-108)138-97)146-93-70(103-56(5)114)78(126)85(66(51-111)141-93)144-99-92(148-96-81(129)79(127)72(120)54(3)136-96)91(77(125)65(50-110)140-99)147-94-71(104-57(6)115)87(74(122)62(47-107)137-94)145-98-84(132)90(76(124)64(49-109)139-98)150-101(100(133)134)45-60(117)69(102-55(4)113)88(149-101)73(121)61(118)46-106/h21-22,41,43,54,58-67,69-99,106-112,116-118,120-132H,7-20,23-40,42,44-53H2,1-6H3,(H,102,113)(H,103,114)(H,104,115)(H,105,119)(H,133,134)/b22-21-,43-41+/t54?,58-,59+,60?,61+,62?,63?,64?,65?,66?,67?,69+,70?,71?,72+,73+,74-,75-,76-,77-,78+,79?,80+,81-,82?,83?,84?,85+,86+,87+,88?,89-,90-,91-,92?,93-,94+,95+,96+,97-,98-,99-,101-/m0/s1. The van der Waals surface area contributed by atoms with E-state index in [2.05, 4.69) is 47.3 Å². The third-order valence-corrected chi connectivity index (χ3v) is 28.9. The minimum Gasteiger partial charge on any atom is -0.477 e. The Morgan fingerprint density at radius 1 is 0.360 bits per heavy atom. The minimum atomic E-state index is -3.33. The van der Waals surface area contributed by atoms with Crippen molar-refractivity contribution in [3.63, 3.8) is 0 Å². The van der Waals surface area contributed by atoms with E-state index in [1.54, 1.807) is 6.08 Å². The van der Waals surface area contributed by atoms with E-state index in [9.17, 15) is 147 Å². The quantitative estimate of drug-likeness (QED) is 0.0207. The van der Waals surface area contributed by atoms with Crippen LogP contribution in [-0.2, 0) is 99.8 Å². The maximum Gasteiger partial charge on any atom is 0.364 e. The third kappa shape index (κ3) is 38.3. The van der Waals surface area contributed by atoms with Crippen LogP contribution in [0.2, 0.25) is 0 Å². The van der Waals surface area contributed by atoms with E-state index in [4.69, 9.17) is 75.8 Å². The number of carbonyl (C=O) groups is 5. The molecule has 0 bridgehead atoms. The van der Waals surface area contributed by atoms with Gasteiger partial charge in [0.2, 0.25) is 23.6 Å². The van der Waals surface area contributed by atoms with Gasteiger partial charge in [-0.3, -0.25) is 19.2 Å². The van der Waals surface area contributed by atoms with E-state index in [1.807, 2.05) is 6.08 Å². The molecule has 0 radical (unpaired) electrons. The molecule has 0 aliphatic carbocycles. The number of aliphatic hydroxyl groups is 23. The normalized spacial score (nSPS) is 37.4. The lowest BCUT2D eigenvalue weighted by molar-refractivity contribution is -0.406. The Morgan fingerprint density at radius 2 is 0.727 bits per heavy atom. The maximum atomic E-state index is 13.7. The zero-order chi connectivity index (χ0) is 110. The van der Waals surface area contributed by atoms with Crippen molar-refractivity contribution >= 4 is 29.6 Å². The van der Waals surface area contributed by atoms with Crippen LogP contribution in [0.1, 0.15) is 266 Å². The summed E-state index contributed by atoms with van der Waals surface area (Å²) in [4.78, 5) is 66.4. The van der Waals surface area contributed by atoms with Crippen molar-refractivity contribution in [1.82, 2.24) is 21.3 Å². The number of ether oxygens (including phenoxy) is 16. The summed E-state index contributed by atoms with van der Waals surface area (Å²) in [5.41, 5.74) is 0. The zero-order valence-electron chi connectivity index (χ0n) is 87.3. The van der Waals surface area contributed by atoms with Gasteiger partial charge in [-0.2, -0.15) is 0 Å². The lowest BCUT2D eigenvalue weighted by Gasteiger charge is -2.52. The number of carboxylic acid groups (broad SMARTS) is 1. The number of carbonyl (C=O) groups excluding carboxylic acids is 4. The van der Waals surface area contributed by atoms with Crippen LogP contribution in [0, 0.1) is 0 Å². The summed E-state index contributed by atoms with van der Waals surface area (Å²) in [6.45, 7) is -0.306. The van der Waals surface area contributed by atoms with E-state index in [0.29, 0.717) is 12.8 Å². The average molecular weight is 2170 g/mol. The molecule has 8 aliphatic heterocycles. The summed E-state index contributed by atoms with van der Waals surface area (Å²) in [7, 11) is 0. The van der Waals surface area contributed by atoms with Gasteiger partial charge < -0.3 is 220 Å². The second-order valence-electron chi connectivity index (χ2n) is 40.9. The Kier molecular flexibility index (Phi) is 58.8. The van der Waals surface area contributed by atoms with Gasteiger partial charge in [0.15, 0.2) is 44.0 Å². The number of allylic oxidation sites excluding steroid dienone is 3. The van der Waals surface area contributed by atoms with E-state index in [-0.39, 0.29) is 12.3 Å². The number of aliphatic hydroxyl groups excluding tert-OH is 23. The summed E-state index contributed by atoms with van der Waals surface area (Å²) in [6.07, 6.45) is -36.2. The number of amides is 4. The van der Waals surface area contributed by atoms with Crippen LogP contribution >= 0.6 is 0 Å². The predicted molar refractivity (Wildman–Crippen MR) is 523 cm³/mol. The second kappa shape index (κ2) is 67.6. The molecule has 4 amide bonds. The molecule has 0 saturated carbocycles. The number of aliphatic carboxylic acids is 1. The van der Waals surface area contributed by atoms with Crippen molar-refractivity contribution < 1.29 is 222 Å².